The molecule has 5 nitrogen and oxygen atoms in total. The first-order valence-corrected chi connectivity index (χ1v) is 12.7. The van der Waals surface area contributed by atoms with E-state index in [9.17, 15) is 5.11 Å². The molecule has 0 atom stereocenters. The van der Waals surface area contributed by atoms with Crippen LogP contribution in [0, 0.1) is 11.8 Å². The van der Waals surface area contributed by atoms with E-state index in [4.69, 9.17) is 0 Å². The molecule has 0 saturated heterocycles. The minimum absolute atomic E-state index is 0.431. The normalized spacial score (nSPS) is 16.4. The van der Waals surface area contributed by atoms with Crippen molar-refractivity contribution in [1.82, 2.24) is 19.6 Å². The van der Waals surface area contributed by atoms with Crippen molar-refractivity contribution in [3.63, 3.8) is 0 Å². The highest BCUT2D eigenvalue weighted by Gasteiger charge is 2.54. The Balaban J connectivity index is 1.25. The van der Waals surface area contributed by atoms with Gasteiger partial charge in [0, 0.05) is 16.0 Å². The van der Waals surface area contributed by atoms with Gasteiger partial charge in [0.1, 0.15) is 5.69 Å². The van der Waals surface area contributed by atoms with Gasteiger partial charge in [-0.15, -0.1) is 10.2 Å². The zero-order chi connectivity index (χ0) is 22.7. The number of pyridine rings is 2. The third-order valence-electron chi connectivity index (χ3n) is 7.17. The lowest BCUT2D eigenvalue weighted by atomic mass is 9.84. The summed E-state index contributed by atoms with van der Waals surface area (Å²) in [5.74, 6) is 1.61. The zero-order valence-corrected chi connectivity index (χ0v) is 19.4. The second-order valence-electron chi connectivity index (χ2n) is 9.49. The summed E-state index contributed by atoms with van der Waals surface area (Å²) in [6.07, 6.45) is 6.36. The van der Waals surface area contributed by atoms with Crippen molar-refractivity contribution in [3.8, 4) is 11.5 Å². The fourth-order valence-electron chi connectivity index (χ4n) is 5.20. The molecule has 7 rings (SSSR count). The highest BCUT2D eigenvalue weighted by atomic mass is 32.2. The van der Waals surface area contributed by atoms with E-state index in [0.29, 0.717) is 11.8 Å². The van der Waals surface area contributed by atoms with Crippen LogP contribution < -0.4 is 0 Å². The minimum Gasteiger partial charge on any atom is -0.385 e. The molecule has 3 heterocycles. The Kier molecular flexibility index (Phi) is 4.54. The molecule has 168 valence electrons. The molecule has 0 bridgehead atoms. The Bertz CT molecular complexity index is 1510. The van der Waals surface area contributed by atoms with E-state index in [1.165, 1.54) is 0 Å². The van der Waals surface area contributed by atoms with Crippen molar-refractivity contribution >= 4 is 28.3 Å². The molecule has 34 heavy (non-hydrogen) atoms. The summed E-state index contributed by atoms with van der Waals surface area (Å²) in [6.45, 7) is 0. The lowest BCUT2D eigenvalue weighted by Crippen LogP contribution is -2.31. The van der Waals surface area contributed by atoms with E-state index in [1.807, 2.05) is 24.3 Å². The minimum atomic E-state index is -0.637. The van der Waals surface area contributed by atoms with E-state index in [2.05, 4.69) is 68.1 Å². The predicted octanol–water partition coefficient (Wildman–Crippen LogP) is 6.10. The largest absolute Gasteiger partial charge is 0.385 e. The molecular formula is C28H24N4OS. The summed E-state index contributed by atoms with van der Waals surface area (Å²) in [5, 5.41) is 21.4. The number of aliphatic hydroxyl groups is 1. The highest BCUT2D eigenvalue weighted by molar-refractivity contribution is 7.99. The predicted molar refractivity (Wildman–Crippen MR) is 134 cm³/mol. The molecule has 5 aromatic rings. The fourth-order valence-corrected chi connectivity index (χ4v) is 6.12. The topological polar surface area (TPSA) is 63.3 Å². The molecular weight excluding hydrogens is 440 g/mol. The van der Waals surface area contributed by atoms with E-state index >= 15 is 0 Å². The fraction of sp³-hybridized carbons (Fsp3) is 0.250. The van der Waals surface area contributed by atoms with Crippen molar-refractivity contribution in [2.45, 2.75) is 41.1 Å². The maximum absolute atomic E-state index is 11.6. The van der Waals surface area contributed by atoms with Gasteiger partial charge in [0.05, 0.1) is 11.1 Å². The Labute approximate surface area is 201 Å². The molecule has 0 radical (unpaired) electrons. The second kappa shape index (κ2) is 7.65. The Morgan fingerprint density at radius 2 is 1.65 bits per heavy atom. The number of rotatable bonds is 6. The Morgan fingerprint density at radius 1 is 0.824 bits per heavy atom. The summed E-state index contributed by atoms with van der Waals surface area (Å²) in [5.41, 5.74) is 3.12. The van der Waals surface area contributed by atoms with Crippen LogP contribution in [0.2, 0.25) is 0 Å². The van der Waals surface area contributed by atoms with Crippen molar-refractivity contribution in [2.75, 3.05) is 0 Å². The van der Waals surface area contributed by atoms with Gasteiger partial charge in [0.25, 0.3) is 0 Å². The second-order valence-corrected chi connectivity index (χ2v) is 10.6. The number of aromatic nitrogens is 4. The lowest BCUT2D eigenvalue weighted by Gasteiger charge is -2.29. The lowest BCUT2D eigenvalue weighted by molar-refractivity contribution is -0.0104. The SMILES string of the molecule is OC(c1cccc(Sc2ccc3c(ccc4nnc(-c5ccccn5)n43)c2)c1)(C1CC1)C1CC1. The standard InChI is InChI=1S/C28H24N4OS/c33-28(19-8-9-19,20-10-11-20)21-4-3-5-22(17-21)34-23-12-13-25-18(16-23)7-14-26-30-31-27(32(25)26)24-6-1-2-15-29-24/h1-7,12-17,19-20,33H,8-11H2. The Hall–Kier alpha value is -3.22. The average Bonchev–Trinajstić information content (AvgIpc) is 3.81. The monoisotopic (exact) mass is 464 g/mol. The molecule has 6 heteroatoms. The molecule has 0 unspecified atom stereocenters. The summed E-state index contributed by atoms with van der Waals surface area (Å²) in [7, 11) is 0. The average molecular weight is 465 g/mol. The van der Waals surface area contributed by atoms with Crippen LogP contribution in [0.3, 0.4) is 0 Å². The molecule has 2 saturated carbocycles. The van der Waals surface area contributed by atoms with Gasteiger partial charge >= 0.3 is 0 Å². The zero-order valence-electron chi connectivity index (χ0n) is 18.6. The molecule has 0 aliphatic heterocycles. The maximum Gasteiger partial charge on any atom is 0.187 e. The van der Waals surface area contributed by atoms with Crippen molar-refractivity contribution in [1.29, 1.82) is 0 Å². The van der Waals surface area contributed by atoms with Crippen LogP contribution in [-0.2, 0) is 5.60 Å². The van der Waals surface area contributed by atoms with E-state index in [-0.39, 0.29) is 0 Å². The molecule has 2 fully saturated rings. The molecule has 2 aliphatic rings. The van der Waals surface area contributed by atoms with Gasteiger partial charge in [-0.1, -0.05) is 30.0 Å². The summed E-state index contributed by atoms with van der Waals surface area (Å²) >= 11 is 1.74. The third-order valence-corrected chi connectivity index (χ3v) is 8.14. The highest BCUT2D eigenvalue weighted by Crippen LogP contribution is 2.57. The number of hydrogen-bond donors (Lipinski definition) is 1. The molecule has 0 spiro atoms. The summed E-state index contributed by atoms with van der Waals surface area (Å²) < 4.78 is 2.07. The van der Waals surface area contributed by atoms with Crippen molar-refractivity contribution in [2.24, 2.45) is 11.8 Å². The number of fused-ring (bicyclic) bond motifs is 3. The van der Waals surface area contributed by atoms with Crippen LogP contribution >= 0.6 is 11.8 Å². The van der Waals surface area contributed by atoms with Gasteiger partial charge < -0.3 is 5.11 Å². The van der Waals surface area contributed by atoms with Crippen molar-refractivity contribution < 1.29 is 5.11 Å². The van der Waals surface area contributed by atoms with E-state index in [0.717, 1.165) is 69.1 Å². The van der Waals surface area contributed by atoms with Crippen LogP contribution in [0.5, 0.6) is 0 Å². The molecule has 2 aliphatic carbocycles. The van der Waals surface area contributed by atoms with Gasteiger partial charge in [0.15, 0.2) is 11.5 Å². The van der Waals surface area contributed by atoms with Gasteiger partial charge in [0.2, 0.25) is 0 Å². The first kappa shape index (κ1) is 20.2. The summed E-state index contributed by atoms with van der Waals surface area (Å²) in [4.78, 5) is 6.79. The van der Waals surface area contributed by atoms with Crippen LogP contribution in [-0.4, -0.2) is 24.7 Å². The molecule has 2 aromatic carbocycles. The molecule has 1 N–H and O–H groups in total. The molecule has 0 amide bonds. The van der Waals surface area contributed by atoms with Crippen LogP contribution in [0.4, 0.5) is 0 Å². The first-order chi connectivity index (χ1) is 16.7. The van der Waals surface area contributed by atoms with Gasteiger partial charge in [-0.2, -0.15) is 0 Å². The van der Waals surface area contributed by atoms with Gasteiger partial charge in [-0.3, -0.25) is 9.38 Å². The van der Waals surface area contributed by atoms with Crippen LogP contribution in [0.25, 0.3) is 28.1 Å². The number of nitrogens with zero attached hydrogens (tertiary/aromatic N) is 4. The number of hydrogen-bond acceptors (Lipinski definition) is 5. The smallest absolute Gasteiger partial charge is 0.187 e. The van der Waals surface area contributed by atoms with E-state index < -0.39 is 5.60 Å². The molecule has 3 aromatic heterocycles. The third kappa shape index (κ3) is 3.32. The Morgan fingerprint density at radius 3 is 2.41 bits per heavy atom. The van der Waals surface area contributed by atoms with Gasteiger partial charge in [-0.25, -0.2) is 0 Å². The maximum atomic E-state index is 11.6. The quantitative estimate of drug-likeness (QED) is 0.329. The van der Waals surface area contributed by atoms with Gasteiger partial charge in [-0.05, 0) is 103 Å². The number of benzene rings is 2. The van der Waals surface area contributed by atoms with E-state index in [1.54, 1.807) is 18.0 Å². The summed E-state index contributed by atoms with van der Waals surface area (Å²) in [6, 6.07) is 25.0. The van der Waals surface area contributed by atoms with Crippen LogP contribution in [0.15, 0.2) is 88.8 Å². The van der Waals surface area contributed by atoms with Crippen molar-refractivity contribution in [3.05, 3.63) is 84.6 Å². The first-order valence-electron chi connectivity index (χ1n) is 11.9. The van der Waals surface area contributed by atoms with Crippen LogP contribution in [0.1, 0.15) is 31.2 Å².